The summed E-state index contributed by atoms with van der Waals surface area (Å²) in [4.78, 5) is 11.6. The predicted octanol–water partition coefficient (Wildman–Crippen LogP) is 2.96. The molecule has 0 amide bonds. The molecule has 2 fully saturated rings. The van der Waals surface area contributed by atoms with Gasteiger partial charge in [-0.1, -0.05) is 20.8 Å². The van der Waals surface area contributed by atoms with Gasteiger partial charge in [-0.05, 0) is 42.4 Å². The summed E-state index contributed by atoms with van der Waals surface area (Å²) < 4.78 is 5.58. The number of thioether (sulfide) groups is 1. The third kappa shape index (κ3) is 1.85. The van der Waals surface area contributed by atoms with Crippen molar-refractivity contribution in [2.75, 3.05) is 5.75 Å². The van der Waals surface area contributed by atoms with Crippen molar-refractivity contribution in [2.24, 2.45) is 16.7 Å². The fourth-order valence-corrected chi connectivity index (χ4v) is 3.84. The van der Waals surface area contributed by atoms with Crippen molar-refractivity contribution in [3.63, 3.8) is 0 Å². The van der Waals surface area contributed by atoms with E-state index in [2.05, 4.69) is 20.8 Å². The third-order valence-electron chi connectivity index (χ3n) is 5.24. The zero-order valence-electron chi connectivity index (χ0n) is 10.7. The monoisotopic (exact) mass is 253 g/mol. The van der Waals surface area contributed by atoms with E-state index in [0.717, 1.165) is 24.6 Å². The lowest BCUT2D eigenvalue weighted by atomic mass is 9.70. The number of nitriles is 1. The minimum absolute atomic E-state index is 0.0445. The van der Waals surface area contributed by atoms with E-state index in [1.807, 2.05) is 5.40 Å². The van der Waals surface area contributed by atoms with Crippen LogP contribution in [-0.4, -0.2) is 17.8 Å². The minimum Gasteiger partial charge on any atom is -0.461 e. The lowest BCUT2D eigenvalue weighted by Crippen LogP contribution is -2.38. The minimum atomic E-state index is -0.244. The van der Waals surface area contributed by atoms with Crippen molar-refractivity contribution in [3.05, 3.63) is 0 Å². The van der Waals surface area contributed by atoms with E-state index in [-0.39, 0.29) is 28.7 Å². The van der Waals surface area contributed by atoms with Crippen LogP contribution in [0.4, 0.5) is 0 Å². The van der Waals surface area contributed by atoms with E-state index in [1.54, 1.807) is 0 Å². The molecule has 0 heterocycles. The lowest BCUT2D eigenvalue weighted by Gasteiger charge is -2.38. The second-order valence-corrected chi connectivity index (χ2v) is 6.73. The van der Waals surface area contributed by atoms with Crippen molar-refractivity contribution in [3.8, 4) is 5.40 Å². The van der Waals surface area contributed by atoms with Crippen LogP contribution in [-0.2, 0) is 9.53 Å². The Hall–Kier alpha value is -0.690. The number of esters is 1. The quantitative estimate of drug-likeness (QED) is 0.573. The molecule has 2 rings (SSSR count). The SMILES string of the molecule is CC1(C)[C@@H]2CC[C@@]1(C)[C@H](OC(=O)CSC#N)C2. The number of hydrogen-bond donors (Lipinski definition) is 0. The van der Waals surface area contributed by atoms with Gasteiger partial charge in [0.2, 0.25) is 0 Å². The van der Waals surface area contributed by atoms with E-state index < -0.39 is 0 Å². The molecule has 2 aliphatic rings. The lowest BCUT2D eigenvalue weighted by molar-refractivity contribution is -0.153. The Morgan fingerprint density at radius 1 is 1.53 bits per heavy atom. The molecule has 3 atom stereocenters. The summed E-state index contributed by atoms with van der Waals surface area (Å²) in [6.45, 7) is 6.83. The standard InChI is InChI=1S/C13H19NO2S/c1-12(2)9-4-5-13(12,3)10(6-9)16-11(15)7-17-8-14/h9-10H,4-7H2,1-3H3/t9-,10-,13+/m1/s1. The van der Waals surface area contributed by atoms with Crippen LogP contribution in [0.3, 0.4) is 0 Å². The molecule has 3 nitrogen and oxygen atoms in total. The molecular formula is C13H19NO2S. The molecule has 0 saturated heterocycles. The van der Waals surface area contributed by atoms with Crippen molar-refractivity contribution >= 4 is 17.7 Å². The van der Waals surface area contributed by atoms with E-state index in [1.165, 1.54) is 6.42 Å². The number of thiocyanates is 1. The van der Waals surface area contributed by atoms with Gasteiger partial charge in [0.25, 0.3) is 0 Å². The van der Waals surface area contributed by atoms with E-state index in [4.69, 9.17) is 10.00 Å². The van der Waals surface area contributed by atoms with Gasteiger partial charge in [0.05, 0.1) is 0 Å². The highest BCUT2D eigenvalue weighted by Gasteiger charge is 2.62. The number of fused-ring (bicyclic) bond motifs is 2. The third-order valence-corrected chi connectivity index (χ3v) is 5.75. The number of rotatable bonds is 3. The molecule has 0 spiro atoms. The predicted molar refractivity (Wildman–Crippen MR) is 67.2 cm³/mol. The van der Waals surface area contributed by atoms with Crippen LogP contribution in [0.2, 0.25) is 0 Å². The summed E-state index contributed by atoms with van der Waals surface area (Å²) >= 11 is 0.949. The van der Waals surface area contributed by atoms with Crippen LogP contribution in [0.1, 0.15) is 40.0 Å². The van der Waals surface area contributed by atoms with Crippen LogP contribution < -0.4 is 0 Å². The first-order valence-electron chi connectivity index (χ1n) is 6.12. The average molecular weight is 253 g/mol. The maximum atomic E-state index is 11.6. The Kier molecular flexibility index (Phi) is 3.15. The van der Waals surface area contributed by atoms with Crippen molar-refractivity contribution in [1.29, 1.82) is 5.26 Å². The maximum absolute atomic E-state index is 11.6. The molecule has 4 heteroatoms. The summed E-state index contributed by atoms with van der Waals surface area (Å²) in [5, 5.41) is 10.3. The number of ether oxygens (including phenoxy) is 1. The highest BCUT2D eigenvalue weighted by molar-refractivity contribution is 8.04. The first-order chi connectivity index (χ1) is 7.91. The number of hydrogen-bond acceptors (Lipinski definition) is 4. The van der Waals surface area contributed by atoms with Gasteiger partial charge in [-0.25, -0.2) is 0 Å². The molecule has 0 aromatic carbocycles. The van der Waals surface area contributed by atoms with Gasteiger partial charge in [0.1, 0.15) is 17.3 Å². The summed E-state index contributed by atoms with van der Waals surface area (Å²) in [6, 6.07) is 0. The fourth-order valence-electron chi connectivity index (χ4n) is 3.59. The first-order valence-corrected chi connectivity index (χ1v) is 7.11. The van der Waals surface area contributed by atoms with Gasteiger partial charge in [-0.15, -0.1) is 0 Å². The summed E-state index contributed by atoms with van der Waals surface area (Å²) in [5.74, 6) is 0.578. The zero-order valence-corrected chi connectivity index (χ0v) is 11.5. The Bertz CT molecular complexity index is 374. The molecule has 2 saturated carbocycles. The van der Waals surface area contributed by atoms with E-state index in [0.29, 0.717) is 5.92 Å². The molecule has 94 valence electrons. The van der Waals surface area contributed by atoms with Gasteiger partial charge in [0, 0.05) is 5.41 Å². The van der Waals surface area contributed by atoms with Gasteiger partial charge in [0.15, 0.2) is 0 Å². The fraction of sp³-hybridized carbons (Fsp3) is 0.846. The van der Waals surface area contributed by atoms with Crippen LogP contribution in [0.25, 0.3) is 0 Å². The Balaban J connectivity index is 2.01. The van der Waals surface area contributed by atoms with Crippen molar-refractivity contribution < 1.29 is 9.53 Å². The molecule has 0 radical (unpaired) electrons. The Labute approximate surface area is 107 Å². The molecule has 17 heavy (non-hydrogen) atoms. The van der Waals surface area contributed by atoms with Gasteiger partial charge in [-0.2, -0.15) is 5.26 Å². The van der Waals surface area contributed by atoms with Crippen LogP contribution in [0.15, 0.2) is 0 Å². The molecule has 0 aromatic rings. The Morgan fingerprint density at radius 2 is 2.24 bits per heavy atom. The largest absolute Gasteiger partial charge is 0.461 e. The number of nitrogens with zero attached hydrogens (tertiary/aromatic N) is 1. The molecule has 0 aromatic heterocycles. The second-order valence-electron chi connectivity index (χ2n) is 5.97. The van der Waals surface area contributed by atoms with Gasteiger partial charge >= 0.3 is 5.97 Å². The van der Waals surface area contributed by atoms with E-state index >= 15 is 0 Å². The molecule has 2 aliphatic carbocycles. The van der Waals surface area contributed by atoms with Crippen LogP contribution in [0.5, 0.6) is 0 Å². The summed E-state index contributed by atoms with van der Waals surface area (Å²) in [6.07, 6.45) is 3.44. The highest BCUT2D eigenvalue weighted by atomic mass is 32.2. The van der Waals surface area contributed by atoms with E-state index in [9.17, 15) is 4.79 Å². The van der Waals surface area contributed by atoms with Crippen LogP contribution in [0, 0.1) is 27.4 Å². The molecule has 0 aliphatic heterocycles. The van der Waals surface area contributed by atoms with Crippen LogP contribution >= 0.6 is 11.8 Å². The van der Waals surface area contributed by atoms with Crippen molar-refractivity contribution in [2.45, 2.75) is 46.1 Å². The molecule has 0 unspecified atom stereocenters. The molecular weight excluding hydrogens is 234 g/mol. The first kappa shape index (κ1) is 12.8. The molecule has 2 bridgehead atoms. The topological polar surface area (TPSA) is 50.1 Å². The summed E-state index contributed by atoms with van der Waals surface area (Å²) in [7, 11) is 0. The zero-order chi connectivity index (χ0) is 12.7. The maximum Gasteiger partial charge on any atom is 0.317 e. The summed E-state index contributed by atoms with van der Waals surface area (Å²) in [5.41, 5.74) is 0.380. The smallest absolute Gasteiger partial charge is 0.317 e. The second kappa shape index (κ2) is 4.20. The Morgan fingerprint density at radius 3 is 2.71 bits per heavy atom. The molecule has 0 N–H and O–H groups in total. The van der Waals surface area contributed by atoms with Gasteiger partial charge in [-0.3, -0.25) is 4.79 Å². The van der Waals surface area contributed by atoms with Gasteiger partial charge < -0.3 is 4.74 Å². The highest BCUT2D eigenvalue weighted by Crippen LogP contribution is 2.66. The number of carbonyl (C=O) groups excluding carboxylic acids is 1. The van der Waals surface area contributed by atoms with Crippen molar-refractivity contribution in [1.82, 2.24) is 0 Å². The number of carbonyl (C=O) groups is 1. The normalized spacial score (nSPS) is 37.8. The average Bonchev–Trinajstić information content (AvgIpc) is 2.59.